The van der Waals surface area contributed by atoms with Crippen molar-refractivity contribution in [3.05, 3.63) is 65.6 Å². The third-order valence-corrected chi connectivity index (χ3v) is 5.39. The summed E-state index contributed by atoms with van der Waals surface area (Å²) in [4.78, 5) is 19.3. The number of nitrogens with one attached hydrogen (secondary N) is 2. The fourth-order valence-corrected chi connectivity index (χ4v) is 3.72. The lowest BCUT2D eigenvalue weighted by Gasteiger charge is -2.38. The first-order valence-corrected chi connectivity index (χ1v) is 9.99. The summed E-state index contributed by atoms with van der Waals surface area (Å²) >= 11 is 5.91. The van der Waals surface area contributed by atoms with Gasteiger partial charge >= 0.3 is 6.03 Å². The van der Waals surface area contributed by atoms with Crippen LogP contribution in [-0.2, 0) is 0 Å². The van der Waals surface area contributed by atoms with Crippen LogP contribution < -0.4 is 20.3 Å². The highest BCUT2D eigenvalue weighted by Gasteiger charge is 2.33. The molecule has 0 spiro atoms. The summed E-state index contributed by atoms with van der Waals surface area (Å²) in [6, 6.07) is 12.3. The Kier molecular flexibility index (Phi) is 6.04. The molecule has 4 rings (SSSR count). The minimum absolute atomic E-state index is 0.0364. The van der Waals surface area contributed by atoms with Crippen molar-refractivity contribution in [2.24, 2.45) is 0 Å². The number of ether oxygens (including phenoxy) is 1. The van der Waals surface area contributed by atoms with Gasteiger partial charge in [0.15, 0.2) is 0 Å². The molecule has 0 saturated carbocycles. The van der Waals surface area contributed by atoms with Gasteiger partial charge < -0.3 is 24.8 Å². The number of halogens is 1. The summed E-state index contributed by atoms with van der Waals surface area (Å²) in [6.07, 6.45) is 4.04. The van der Waals surface area contributed by atoms with Gasteiger partial charge in [0.05, 0.1) is 19.5 Å². The first kappa shape index (κ1) is 20.0. The van der Waals surface area contributed by atoms with Crippen LogP contribution in [0.15, 0.2) is 59.4 Å². The Morgan fingerprint density at radius 1 is 1.23 bits per heavy atom. The lowest BCUT2D eigenvalue weighted by molar-refractivity contribution is 0.242. The molecule has 1 fully saturated rings. The van der Waals surface area contributed by atoms with Gasteiger partial charge in [-0.3, -0.25) is 4.98 Å². The minimum Gasteiger partial charge on any atom is -0.495 e. The van der Waals surface area contributed by atoms with E-state index in [-0.39, 0.29) is 18.0 Å². The predicted molar refractivity (Wildman–Crippen MR) is 114 cm³/mol. The summed E-state index contributed by atoms with van der Waals surface area (Å²) < 4.78 is 10.5. The zero-order valence-electron chi connectivity index (χ0n) is 16.4. The van der Waals surface area contributed by atoms with E-state index in [1.807, 2.05) is 18.2 Å². The van der Waals surface area contributed by atoms with Crippen LogP contribution in [0.5, 0.6) is 5.75 Å². The maximum atomic E-state index is 12.6. The highest BCUT2D eigenvalue weighted by molar-refractivity contribution is 6.30. The standard InChI is InChI=1S/C21H22ClN5O3/c1-29-16-6-7-18(23-12-16)17-13-27(20-8-10-24-30-20)11-9-19(17)26-21(28)25-15-4-2-14(22)3-5-15/h2-8,10,12,17,19H,9,11,13H2,1H3,(H2,25,26,28)/t17-,19+/m0/s1. The lowest BCUT2D eigenvalue weighted by Crippen LogP contribution is -2.51. The molecule has 0 unspecified atom stereocenters. The van der Waals surface area contributed by atoms with E-state index in [0.29, 0.717) is 28.9 Å². The molecule has 2 amide bonds. The van der Waals surface area contributed by atoms with Crippen molar-refractivity contribution in [1.29, 1.82) is 0 Å². The molecule has 30 heavy (non-hydrogen) atoms. The third kappa shape index (κ3) is 4.65. The molecule has 9 heteroatoms. The van der Waals surface area contributed by atoms with E-state index < -0.39 is 0 Å². The molecule has 1 saturated heterocycles. The van der Waals surface area contributed by atoms with E-state index in [2.05, 4.69) is 25.7 Å². The van der Waals surface area contributed by atoms with Crippen LogP contribution in [0.1, 0.15) is 18.0 Å². The molecule has 2 N–H and O–H groups in total. The summed E-state index contributed by atoms with van der Waals surface area (Å²) in [5.41, 5.74) is 1.55. The van der Waals surface area contributed by atoms with E-state index in [0.717, 1.165) is 18.7 Å². The van der Waals surface area contributed by atoms with Crippen LogP contribution in [0.3, 0.4) is 0 Å². The number of urea groups is 1. The van der Waals surface area contributed by atoms with Crippen molar-refractivity contribution < 1.29 is 14.1 Å². The second kappa shape index (κ2) is 9.04. The number of hydrogen-bond acceptors (Lipinski definition) is 6. The summed E-state index contributed by atoms with van der Waals surface area (Å²) in [5.74, 6) is 1.36. The van der Waals surface area contributed by atoms with Crippen molar-refractivity contribution in [3.8, 4) is 5.75 Å². The Balaban J connectivity index is 1.50. The maximum absolute atomic E-state index is 12.6. The van der Waals surface area contributed by atoms with E-state index in [4.69, 9.17) is 20.9 Å². The maximum Gasteiger partial charge on any atom is 0.319 e. The van der Waals surface area contributed by atoms with E-state index in [9.17, 15) is 4.79 Å². The van der Waals surface area contributed by atoms with Crippen LogP contribution >= 0.6 is 11.6 Å². The smallest absolute Gasteiger partial charge is 0.319 e. The van der Waals surface area contributed by atoms with Gasteiger partial charge in [-0.2, -0.15) is 0 Å². The number of pyridine rings is 1. The number of piperidine rings is 1. The molecule has 1 aliphatic rings. The van der Waals surface area contributed by atoms with E-state index in [1.165, 1.54) is 0 Å². The number of amides is 2. The molecule has 1 aromatic carbocycles. The fraction of sp³-hybridized carbons (Fsp3) is 0.286. The van der Waals surface area contributed by atoms with Crippen LogP contribution in [0, 0.1) is 0 Å². The molecule has 1 aliphatic heterocycles. The van der Waals surface area contributed by atoms with Gasteiger partial charge in [0.25, 0.3) is 0 Å². The number of benzene rings is 1. The second-order valence-corrected chi connectivity index (χ2v) is 7.46. The zero-order valence-corrected chi connectivity index (χ0v) is 17.2. The first-order valence-electron chi connectivity index (χ1n) is 9.61. The van der Waals surface area contributed by atoms with E-state index >= 15 is 0 Å². The largest absolute Gasteiger partial charge is 0.495 e. The predicted octanol–water partition coefficient (Wildman–Crippen LogP) is 3.92. The fourth-order valence-electron chi connectivity index (χ4n) is 3.60. The second-order valence-electron chi connectivity index (χ2n) is 7.03. The number of anilines is 2. The van der Waals surface area contributed by atoms with Gasteiger partial charge in [-0.15, -0.1) is 0 Å². The number of carbonyl (C=O) groups excluding carboxylic acids is 1. The molecular weight excluding hydrogens is 406 g/mol. The summed E-state index contributed by atoms with van der Waals surface area (Å²) in [5, 5.41) is 10.4. The highest BCUT2D eigenvalue weighted by atomic mass is 35.5. The number of rotatable bonds is 5. The Labute approximate surface area is 179 Å². The van der Waals surface area contributed by atoms with Crippen molar-refractivity contribution in [2.45, 2.75) is 18.4 Å². The molecular formula is C21H22ClN5O3. The molecule has 2 aromatic heterocycles. The molecule has 0 radical (unpaired) electrons. The summed E-state index contributed by atoms with van der Waals surface area (Å²) in [6.45, 7) is 1.37. The average Bonchev–Trinajstić information content (AvgIpc) is 3.31. The van der Waals surface area contributed by atoms with Gasteiger partial charge in [0, 0.05) is 47.5 Å². The van der Waals surface area contributed by atoms with E-state index in [1.54, 1.807) is 43.8 Å². The van der Waals surface area contributed by atoms with Crippen LogP contribution in [-0.4, -0.2) is 42.4 Å². The van der Waals surface area contributed by atoms with Gasteiger partial charge in [-0.1, -0.05) is 16.8 Å². The normalized spacial score (nSPS) is 18.7. The molecule has 3 heterocycles. The highest BCUT2D eigenvalue weighted by Crippen LogP contribution is 2.30. The molecule has 0 bridgehead atoms. The zero-order chi connectivity index (χ0) is 20.9. The monoisotopic (exact) mass is 427 g/mol. The average molecular weight is 428 g/mol. The number of methoxy groups -OCH3 is 1. The third-order valence-electron chi connectivity index (χ3n) is 5.14. The lowest BCUT2D eigenvalue weighted by atomic mass is 9.89. The van der Waals surface area contributed by atoms with Crippen molar-refractivity contribution in [1.82, 2.24) is 15.5 Å². The van der Waals surface area contributed by atoms with Crippen LogP contribution in [0.4, 0.5) is 16.4 Å². The van der Waals surface area contributed by atoms with Gasteiger partial charge in [0.1, 0.15) is 5.75 Å². The number of carbonyl (C=O) groups is 1. The van der Waals surface area contributed by atoms with Crippen molar-refractivity contribution in [2.75, 3.05) is 30.4 Å². The molecule has 8 nitrogen and oxygen atoms in total. The topological polar surface area (TPSA) is 92.5 Å². The number of aromatic nitrogens is 2. The first-order chi connectivity index (χ1) is 14.6. The van der Waals surface area contributed by atoms with Crippen LogP contribution in [0.25, 0.3) is 0 Å². The van der Waals surface area contributed by atoms with Crippen molar-refractivity contribution in [3.63, 3.8) is 0 Å². The van der Waals surface area contributed by atoms with Crippen molar-refractivity contribution >= 4 is 29.2 Å². The quantitative estimate of drug-likeness (QED) is 0.641. The number of hydrogen-bond donors (Lipinski definition) is 2. The molecule has 2 atom stereocenters. The van der Waals surface area contributed by atoms with Gasteiger partial charge in [0.2, 0.25) is 5.88 Å². The Morgan fingerprint density at radius 2 is 2.07 bits per heavy atom. The Morgan fingerprint density at radius 3 is 2.73 bits per heavy atom. The summed E-state index contributed by atoms with van der Waals surface area (Å²) in [7, 11) is 1.61. The van der Waals surface area contributed by atoms with Crippen LogP contribution in [0.2, 0.25) is 5.02 Å². The minimum atomic E-state index is -0.269. The van der Waals surface area contributed by atoms with Gasteiger partial charge in [-0.25, -0.2) is 4.79 Å². The Bertz CT molecular complexity index is 963. The molecule has 3 aromatic rings. The van der Waals surface area contributed by atoms with Gasteiger partial charge in [-0.05, 0) is 42.8 Å². The molecule has 0 aliphatic carbocycles. The Hall–Kier alpha value is -3.26. The number of nitrogens with zero attached hydrogens (tertiary/aromatic N) is 3. The molecule has 156 valence electrons. The SMILES string of the molecule is COc1ccc([C@@H]2CN(c3ccno3)CC[C@H]2NC(=O)Nc2ccc(Cl)cc2)nc1.